The molecule has 6 heteroatoms. The average molecular weight is 319 g/mol. The third-order valence-electron chi connectivity index (χ3n) is 3.41. The fourth-order valence-corrected chi connectivity index (χ4v) is 2.01. The Labute approximate surface area is 135 Å². The maximum Gasteiger partial charge on any atom is 0.306 e. The van der Waals surface area contributed by atoms with Crippen LogP contribution in [-0.4, -0.2) is 24.8 Å². The predicted octanol–water partition coefficient (Wildman–Crippen LogP) is 3.20. The number of rotatable bonds is 8. The van der Waals surface area contributed by atoms with Gasteiger partial charge in [0.05, 0.1) is 25.0 Å². The number of carbonyl (C=O) groups is 1. The fraction of sp³-hybridized carbons (Fsp3) is 0.412. The van der Waals surface area contributed by atoms with Crippen LogP contribution in [0.4, 0.5) is 0 Å². The summed E-state index contributed by atoms with van der Waals surface area (Å²) in [6.07, 6.45) is 0.895. The molecule has 1 aromatic carbocycles. The lowest BCUT2D eigenvalue weighted by atomic mass is 10.2. The van der Waals surface area contributed by atoms with E-state index in [2.05, 4.69) is 5.16 Å². The highest BCUT2D eigenvalue weighted by molar-refractivity contribution is 5.69. The number of aryl methyl sites for hydroxylation is 2. The minimum atomic E-state index is -0.261. The van der Waals surface area contributed by atoms with Crippen LogP contribution < -0.4 is 9.47 Å². The zero-order chi connectivity index (χ0) is 16.7. The Morgan fingerprint density at radius 3 is 2.48 bits per heavy atom. The molecule has 0 aliphatic carbocycles. The first-order valence-corrected chi connectivity index (χ1v) is 7.44. The minimum Gasteiger partial charge on any atom is -0.497 e. The maximum absolute atomic E-state index is 11.7. The molecular formula is C17H21NO5. The highest BCUT2D eigenvalue weighted by Crippen LogP contribution is 2.17. The van der Waals surface area contributed by atoms with Crippen LogP contribution in [0.2, 0.25) is 0 Å². The van der Waals surface area contributed by atoms with E-state index in [1.165, 1.54) is 0 Å². The maximum atomic E-state index is 11.7. The lowest BCUT2D eigenvalue weighted by molar-refractivity contribution is -0.145. The van der Waals surface area contributed by atoms with E-state index in [4.69, 9.17) is 18.7 Å². The van der Waals surface area contributed by atoms with E-state index in [9.17, 15) is 4.79 Å². The van der Waals surface area contributed by atoms with Gasteiger partial charge in [-0.2, -0.15) is 0 Å². The first kappa shape index (κ1) is 16.9. The molecule has 0 amide bonds. The van der Waals surface area contributed by atoms with Gasteiger partial charge in [0.2, 0.25) is 0 Å². The van der Waals surface area contributed by atoms with Gasteiger partial charge in [-0.3, -0.25) is 4.79 Å². The van der Waals surface area contributed by atoms with Gasteiger partial charge in [0.15, 0.2) is 0 Å². The lowest BCUT2D eigenvalue weighted by Crippen LogP contribution is -2.08. The molecule has 0 spiro atoms. The van der Waals surface area contributed by atoms with Crippen molar-refractivity contribution >= 4 is 5.97 Å². The quantitative estimate of drug-likeness (QED) is 0.549. The summed E-state index contributed by atoms with van der Waals surface area (Å²) < 4.78 is 20.9. The molecule has 2 aromatic rings. The monoisotopic (exact) mass is 319 g/mol. The molecule has 23 heavy (non-hydrogen) atoms. The number of ether oxygens (including phenoxy) is 3. The van der Waals surface area contributed by atoms with Crippen LogP contribution in [0.5, 0.6) is 11.5 Å². The van der Waals surface area contributed by atoms with Crippen LogP contribution >= 0.6 is 0 Å². The van der Waals surface area contributed by atoms with Crippen molar-refractivity contribution in [1.82, 2.24) is 5.16 Å². The van der Waals surface area contributed by atoms with E-state index < -0.39 is 0 Å². The standard InChI is InChI=1S/C17H21NO5/c1-12-16(13(2)23-18-12)11-22-17(19)5-4-10-21-15-8-6-14(20-3)7-9-15/h6-9H,4-5,10-11H2,1-3H3. The zero-order valence-corrected chi connectivity index (χ0v) is 13.6. The van der Waals surface area contributed by atoms with Crippen molar-refractivity contribution in [3.05, 3.63) is 41.3 Å². The highest BCUT2D eigenvalue weighted by atomic mass is 16.5. The van der Waals surface area contributed by atoms with Gasteiger partial charge < -0.3 is 18.7 Å². The molecule has 6 nitrogen and oxygen atoms in total. The van der Waals surface area contributed by atoms with Gasteiger partial charge in [-0.05, 0) is 44.5 Å². The van der Waals surface area contributed by atoms with Crippen LogP contribution in [0.1, 0.15) is 29.9 Å². The summed E-state index contributed by atoms with van der Waals surface area (Å²) in [6, 6.07) is 7.31. The van der Waals surface area contributed by atoms with Crippen molar-refractivity contribution < 1.29 is 23.5 Å². The Kier molecular flexibility index (Phi) is 6.02. The number of esters is 1. The number of nitrogens with zero attached hydrogens (tertiary/aromatic N) is 1. The third-order valence-corrected chi connectivity index (χ3v) is 3.41. The molecule has 1 aromatic heterocycles. The van der Waals surface area contributed by atoms with E-state index in [0.717, 1.165) is 22.8 Å². The normalized spacial score (nSPS) is 10.4. The topological polar surface area (TPSA) is 70.8 Å². The number of hydrogen-bond donors (Lipinski definition) is 0. The average Bonchev–Trinajstić information content (AvgIpc) is 2.88. The van der Waals surface area contributed by atoms with Gasteiger partial charge in [-0.15, -0.1) is 0 Å². The Hall–Kier alpha value is -2.50. The van der Waals surface area contributed by atoms with Crippen molar-refractivity contribution in [2.24, 2.45) is 0 Å². The van der Waals surface area contributed by atoms with E-state index in [1.807, 2.05) is 31.2 Å². The van der Waals surface area contributed by atoms with Crippen molar-refractivity contribution in [2.45, 2.75) is 33.3 Å². The molecular weight excluding hydrogens is 298 g/mol. The summed E-state index contributed by atoms with van der Waals surface area (Å²) in [4.78, 5) is 11.7. The molecule has 0 aliphatic rings. The molecule has 0 bridgehead atoms. The number of aromatic nitrogens is 1. The Balaban J connectivity index is 1.64. The van der Waals surface area contributed by atoms with Crippen molar-refractivity contribution in [1.29, 1.82) is 0 Å². The van der Waals surface area contributed by atoms with Crippen molar-refractivity contribution in [3.63, 3.8) is 0 Å². The van der Waals surface area contributed by atoms with Gasteiger partial charge in [0.1, 0.15) is 23.9 Å². The second-order valence-corrected chi connectivity index (χ2v) is 5.09. The van der Waals surface area contributed by atoms with Gasteiger partial charge in [-0.1, -0.05) is 5.16 Å². The molecule has 124 valence electrons. The number of benzene rings is 1. The zero-order valence-electron chi connectivity index (χ0n) is 13.6. The molecule has 0 atom stereocenters. The smallest absolute Gasteiger partial charge is 0.306 e. The summed E-state index contributed by atoms with van der Waals surface area (Å²) >= 11 is 0. The van der Waals surface area contributed by atoms with Crippen molar-refractivity contribution in [2.75, 3.05) is 13.7 Å². The van der Waals surface area contributed by atoms with Crippen LogP contribution in [0.3, 0.4) is 0 Å². The molecule has 2 rings (SSSR count). The first-order valence-electron chi connectivity index (χ1n) is 7.44. The largest absolute Gasteiger partial charge is 0.497 e. The van der Waals surface area contributed by atoms with Gasteiger partial charge in [-0.25, -0.2) is 0 Å². The molecule has 0 saturated heterocycles. The van der Waals surface area contributed by atoms with Gasteiger partial charge >= 0.3 is 5.97 Å². The summed E-state index contributed by atoms with van der Waals surface area (Å²) in [5.41, 5.74) is 1.57. The molecule has 0 unspecified atom stereocenters. The molecule has 0 N–H and O–H groups in total. The summed E-state index contributed by atoms with van der Waals surface area (Å²) in [5.74, 6) is 1.94. The van der Waals surface area contributed by atoms with E-state index in [-0.39, 0.29) is 12.6 Å². The van der Waals surface area contributed by atoms with E-state index in [0.29, 0.717) is 25.2 Å². The van der Waals surface area contributed by atoms with Crippen LogP contribution in [-0.2, 0) is 16.1 Å². The predicted molar refractivity (Wildman–Crippen MR) is 83.5 cm³/mol. The summed E-state index contributed by atoms with van der Waals surface area (Å²) in [6.45, 7) is 4.26. The number of hydrogen-bond acceptors (Lipinski definition) is 6. The van der Waals surface area contributed by atoms with E-state index >= 15 is 0 Å². The second-order valence-electron chi connectivity index (χ2n) is 5.09. The molecule has 0 fully saturated rings. The molecule has 0 aliphatic heterocycles. The summed E-state index contributed by atoms with van der Waals surface area (Å²) in [7, 11) is 1.62. The van der Waals surface area contributed by atoms with Crippen LogP contribution in [0.25, 0.3) is 0 Å². The van der Waals surface area contributed by atoms with Gasteiger partial charge in [0, 0.05) is 6.42 Å². The van der Waals surface area contributed by atoms with Crippen LogP contribution in [0.15, 0.2) is 28.8 Å². The number of methoxy groups -OCH3 is 1. The van der Waals surface area contributed by atoms with Gasteiger partial charge in [0.25, 0.3) is 0 Å². The summed E-state index contributed by atoms with van der Waals surface area (Å²) in [5, 5.41) is 3.82. The minimum absolute atomic E-state index is 0.194. The molecule has 0 radical (unpaired) electrons. The molecule has 0 saturated carbocycles. The van der Waals surface area contributed by atoms with Crippen LogP contribution in [0, 0.1) is 13.8 Å². The van der Waals surface area contributed by atoms with E-state index in [1.54, 1.807) is 14.0 Å². The Bertz CT molecular complexity index is 613. The SMILES string of the molecule is COc1ccc(OCCCC(=O)OCc2c(C)noc2C)cc1. The lowest BCUT2D eigenvalue weighted by Gasteiger charge is -2.07. The van der Waals surface area contributed by atoms with Crippen molar-refractivity contribution in [3.8, 4) is 11.5 Å². The Morgan fingerprint density at radius 2 is 1.87 bits per heavy atom. The third kappa shape index (κ3) is 5.02. The first-order chi connectivity index (χ1) is 11.1. The molecule has 1 heterocycles. The highest BCUT2D eigenvalue weighted by Gasteiger charge is 2.11. The number of carbonyl (C=O) groups excluding carboxylic acids is 1. The Morgan fingerprint density at radius 1 is 1.17 bits per heavy atom. The fourth-order valence-electron chi connectivity index (χ4n) is 2.01. The second kappa shape index (κ2) is 8.22.